The molecule has 7 nitrogen and oxygen atoms in total. The van der Waals surface area contributed by atoms with Gasteiger partial charge in [-0.05, 0) is 51.0 Å². The molecule has 0 spiro atoms. The number of amides is 1. The van der Waals surface area contributed by atoms with Gasteiger partial charge in [0.2, 0.25) is 5.91 Å². The first-order chi connectivity index (χ1) is 13.5. The van der Waals surface area contributed by atoms with E-state index in [1.54, 1.807) is 37.7 Å². The third-order valence-electron chi connectivity index (χ3n) is 5.01. The number of piperidine rings is 1. The van der Waals surface area contributed by atoms with Crippen LogP contribution < -0.4 is 4.74 Å². The van der Waals surface area contributed by atoms with Gasteiger partial charge in [0.25, 0.3) is 0 Å². The molecule has 1 saturated heterocycles. The van der Waals surface area contributed by atoms with Gasteiger partial charge in [-0.15, -0.1) is 10.2 Å². The van der Waals surface area contributed by atoms with Gasteiger partial charge in [-0.1, -0.05) is 11.8 Å². The van der Waals surface area contributed by atoms with E-state index in [-0.39, 0.29) is 23.7 Å². The van der Waals surface area contributed by atoms with Crippen LogP contribution in [0.5, 0.6) is 5.75 Å². The predicted molar refractivity (Wildman–Crippen MR) is 108 cm³/mol. The fraction of sp³-hybridized carbons (Fsp3) is 0.500. The highest BCUT2D eigenvalue weighted by molar-refractivity contribution is 7.99. The van der Waals surface area contributed by atoms with E-state index in [0.717, 1.165) is 10.9 Å². The van der Waals surface area contributed by atoms with Crippen molar-refractivity contribution in [2.75, 3.05) is 26.0 Å². The van der Waals surface area contributed by atoms with Crippen LogP contribution in [0.4, 0.5) is 0 Å². The minimum Gasteiger partial charge on any atom is -0.497 e. The Morgan fingerprint density at radius 2 is 1.89 bits per heavy atom. The molecular formula is C20H26N4O3S. The third-order valence-corrected chi connectivity index (χ3v) is 5.96. The maximum Gasteiger partial charge on any atom is 0.233 e. The van der Waals surface area contributed by atoms with Crippen molar-refractivity contribution in [3.05, 3.63) is 36.2 Å². The highest BCUT2D eigenvalue weighted by Crippen LogP contribution is 2.25. The summed E-state index contributed by atoms with van der Waals surface area (Å²) in [6.45, 7) is 5.34. The average molecular weight is 403 g/mol. The van der Waals surface area contributed by atoms with Gasteiger partial charge in [0.1, 0.15) is 12.1 Å². The Labute approximate surface area is 169 Å². The minimum absolute atomic E-state index is 0.0332. The molecule has 0 N–H and O–H groups in total. The van der Waals surface area contributed by atoms with Crippen LogP contribution in [0.3, 0.4) is 0 Å². The standard InChI is InChI=1S/C20H26N4O3S/c1-14(2)24-13-21-22-20(24)28-12-18(25)23-10-8-16(9-11-23)19(26)15-4-6-17(27-3)7-5-15/h4-7,13-14,16H,8-12H2,1-3H3. The molecule has 8 heteroatoms. The van der Waals surface area contributed by atoms with Crippen molar-refractivity contribution in [3.63, 3.8) is 0 Å². The Morgan fingerprint density at radius 3 is 2.50 bits per heavy atom. The number of likely N-dealkylation sites (tertiary alicyclic amines) is 1. The van der Waals surface area contributed by atoms with E-state index in [9.17, 15) is 9.59 Å². The van der Waals surface area contributed by atoms with E-state index in [4.69, 9.17) is 4.74 Å². The van der Waals surface area contributed by atoms with Gasteiger partial charge in [0.05, 0.1) is 12.9 Å². The van der Waals surface area contributed by atoms with E-state index in [2.05, 4.69) is 24.0 Å². The molecule has 0 saturated carbocycles. The second-order valence-electron chi connectivity index (χ2n) is 7.15. The molecule has 150 valence electrons. The lowest BCUT2D eigenvalue weighted by molar-refractivity contribution is -0.129. The highest BCUT2D eigenvalue weighted by atomic mass is 32.2. The van der Waals surface area contributed by atoms with Crippen molar-refractivity contribution in [2.45, 2.75) is 37.9 Å². The molecule has 28 heavy (non-hydrogen) atoms. The van der Waals surface area contributed by atoms with Crippen molar-refractivity contribution in [1.29, 1.82) is 0 Å². The molecule has 1 aromatic carbocycles. The monoisotopic (exact) mass is 402 g/mol. The summed E-state index contributed by atoms with van der Waals surface area (Å²) >= 11 is 1.41. The number of rotatable bonds is 7. The van der Waals surface area contributed by atoms with Crippen LogP contribution in [0.15, 0.2) is 35.7 Å². The second-order valence-corrected chi connectivity index (χ2v) is 8.09. The van der Waals surface area contributed by atoms with Crippen LogP contribution in [-0.2, 0) is 4.79 Å². The summed E-state index contributed by atoms with van der Waals surface area (Å²) in [4.78, 5) is 27.1. The number of thioether (sulfide) groups is 1. The number of hydrogen-bond acceptors (Lipinski definition) is 6. The Bertz CT molecular complexity index is 811. The predicted octanol–water partition coefficient (Wildman–Crippen LogP) is 3.08. The summed E-state index contributed by atoms with van der Waals surface area (Å²) in [7, 11) is 1.61. The molecule has 0 aliphatic carbocycles. The van der Waals surface area contributed by atoms with Gasteiger partial charge in [0.15, 0.2) is 10.9 Å². The molecular weight excluding hydrogens is 376 g/mol. The lowest BCUT2D eigenvalue weighted by Gasteiger charge is -2.31. The Hall–Kier alpha value is -2.35. The molecule has 1 aromatic heterocycles. The lowest BCUT2D eigenvalue weighted by atomic mass is 9.89. The first kappa shape index (κ1) is 20.4. The molecule has 0 bridgehead atoms. The third kappa shape index (κ3) is 4.73. The highest BCUT2D eigenvalue weighted by Gasteiger charge is 2.28. The molecule has 0 unspecified atom stereocenters. The van der Waals surface area contributed by atoms with Gasteiger partial charge >= 0.3 is 0 Å². The van der Waals surface area contributed by atoms with Crippen LogP contribution >= 0.6 is 11.8 Å². The molecule has 1 aliphatic rings. The van der Waals surface area contributed by atoms with Crippen molar-refractivity contribution in [2.24, 2.45) is 5.92 Å². The Kier molecular flexibility index (Phi) is 6.72. The largest absolute Gasteiger partial charge is 0.497 e. The van der Waals surface area contributed by atoms with Crippen LogP contribution in [0.25, 0.3) is 0 Å². The van der Waals surface area contributed by atoms with Crippen molar-refractivity contribution < 1.29 is 14.3 Å². The quantitative estimate of drug-likeness (QED) is 0.523. The Balaban J connectivity index is 1.49. The number of Topliss-reactive ketones (excluding diaryl/α,β-unsaturated/α-hetero) is 1. The smallest absolute Gasteiger partial charge is 0.233 e. The average Bonchev–Trinajstić information content (AvgIpc) is 3.20. The topological polar surface area (TPSA) is 77.3 Å². The molecule has 0 radical (unpaired) electrons. The van der Waals surface area contributed by atoms with E-state index in [1.165, 1.54) is 11.8 Å². The Morgan fingerprint density at radius 1 is 1.21 bits per heavy atom. The van der Waals surface area contributed by atoms with Gasteiger partial charge in [-0.2, -0.15) is 0 Å². The molecule has 3 rings (SSSR count). The SMILES string of the molecule is COc1ccc(C(=O)C2CCN(C(=O)CSc3nncn3C(C)C)CC2)cc1. The zero-order valence-electron chi connectivity index (χ0n) is 16.5. The minimum atomic E-state index is -0.0332. The van der Waals surface area contributed by atoms with Crippen LogP contribution in [0.2, 0.25) is 0 Å². The number of benzene rings is 1. The van der Waals surface area contributed by atoms with Crippen molar-refractivity contribution in [1.82, 2.24) is 19.7 Å². The second kappa shape index (κ2) is 9.23. The lowest BCUT2D eigenvalue weighted by Crippen LogP contribution is -2.41. The van der Waals surface area contributed by atoms with Crippen molar-refractivity contribution >= 4 is 23.5 Å². The molecule has 2 aromatic rings. The van der Waals surface area contributed by atoms with E-state index >= 15 is 0 Å². The number of ether oxygens (including phenoxy) is 1. The van der Waals surface area contributed by atoms with Gasteiger partial charge in [-0.3, -0.25) is 9.59 Å². The maximum absolute atomic E-state index is 12.7. The summed E-state index contributed by atoms with van der Waals surface area (Å²) in [6, 6.07) is 7.48. The molecule has 1 aliphatic heterocycles. The summed E-state index contributed by atoms with van der Waals surface area (Å²) in [6.07, 6.45) is 3.08. The summed E-state index contributed by atoms with van der Waals surface area (Å²) in [5, 5.41) is 8.77. The number of aromatic nitrogens is 3. The summed E-state index contributed by atoms with van der Waals surface area (Å²) in [5.74, 6) is 1.27. The number of carbonyl (C=O) groups is 2. The fourth-order valence-corrected chi connectivity index (χ4v) is 4.24. The van der Waals surface area contributed by atoms with Crippen LogP contribution in [-0.4, -0.2) is 57.3 Å². The normalized spacial score (nSPS) is 15.1. The zero-order valence-corrected chi connectivity index (χ0v) is 17.3. The van der Waals surface area contributed by atoms with E-state index < -0.39 is 0 Å². The van der Waals surface area contributed by atoms with Crippen molar-refractivity contribution in [3.8, 4) is 5.75 Å². The zero-order chi connectivity index (χ0) is 20.1. The van der Waals surface area contributed by atoms with Crippen LogP contribution in [0, 0.1) is 5.92 Å². The number of hydrogen-bond donors (Lipinski definition) is 0. The maximum atomic E-state index is 12.7. The van der Waals surface area contributed by atoms with E-state index in [1.807, 2.05) is 9.47 Å². The molecule has 2 heterocycles. The number of ketones is 1. The molecule has 1 amide bonds. The number of carbonyl (C=O) groups excluding carboxylic acids is 2. The van der Waals surface area contributed by atoms with Crippen LogP contribution in [0.1, 0.15) is 43.1 Å². The van der Waals surface area contributed by atoms with E-state index in [0.29, 0.717) is 37.2 Å². The summed E-state index contributed by atoms with van der Waals surface area (Å²) < 4.78 is 7.09. The summed E-state index contributed by atoms with van der Waals surface area (Å²) in [5.41, 5.74) is 0.703. The number of methoxy groups -OCH3 is 1. The fourth-order valence-electron chi connectivity index (χ4n) is 3.29. The first-order valence-electron chi connectivity index (χ1n) is 9.48. The molecule has 1 fully saturated rings. The van der Waals surface area contributed by atoms with Gasteiger partial charge in [0, 0.05) is 30.6 Å². The first-order valence-corrected chi connectivity index (χ1v) is 10.5. The van der Waals surface area contributed by atoms with Gasteiger partial charge in [-0.25, -0.2) is 0 Å². The van der Waals surface area contributed by atoms with Gasteiger partial charge < -0.3 is 14.2 Å². The number of nitrogens with zero attached hydrogens (tertiary/aromatic N) is 4. The molecule has 0 atom stereocenters.